The van der Waals surface area contributed by atoms with Crippen molar-refractivity contribution in [1.29, 1.82) is 0 Å². The number of rotatable bonds is 7. The number of carbonyl (C=O) groups excluding carboxylic acids is 3. The largest absolute Gasteiger partial charge is 0.442 e. The number of alkyl halides is 2. The first kappa shape index (κ1) is 25.5. The first-order valence-electron chi connectivity index (χ1n) is 11.0. The molecule has 15 heteroatoms. The normalized spacial score (nSPS) is 18.3. The third-order valence-electron chi connectivity index (χ3n) is 5.44. The van der Waals surface area contributed by atoms with Gasteiger partial charge in [-0.3, -0.25) is 14.5 Å². The number of hydrogen-bond donors (Lipinski definition) is 2. The van der Waals surface area contributed by atoms with E-state index in [9.17, 15) is 23.2 Å². The predicted molar refractivity (Wildman–Crippen MR) is 122 cm³/mol. The highest BCUT2D eigenvalue weighted by molar-refractivity contribution is 7.09. The molecule has 2 aliphatic heterocycles. The first-order valence-corrected chi connectivity index (χ1v) is 11.8. The van der Waals surface area contributed by atoms with E-state index in [-0.39, 0.29) is 44.2 Å². The molecular formula is C21H23F3N6O5S. The summed E-state index contributed by atoms with van der Waals surface area (Å²) >= 11 is 1.42. The lowest BCUT2D eigenvalue weighted by Crippen LogP contribution is -2.41. The fourth-order valence-electron chi connectivity index (χ4n) is 3.68. The Labute approximate surface area is 207 Å². The van der Waals surface area contributed by atoms with Gasteiger partial charge in [-0.15, -0.1) is 11.3 Å². The zero-order valence-corrected chi connectivity index (χ0v) is 19.7. The highest BCUT2D eigenvalue weighted by Crippen LogP contribution is 2.28. The molecule has 1 atom stereocenters. The third kappa shape index (κ3) is 6.15. The maximum absolute atomic E-state index is 15.0. The number of cyclic esters (lactones) is 1. The molecule has 194 valence electrons. The van der Waals surface area contributed by atoms with Gasteiger partial charge in [-0.25, -0.2) is 24.0 Å². The van der Waals surface area contributed by atoms with Crippen molar-refractivity contribution in [3.05, 3.63) is 40.6 Å². The van der Waals surface area contributed by atoms with Gasteiger partial charge in [-0.05, 0) is 18.2 Å². The summed E-state index contributed by atoms with van der Waals surface area (Å²) in [5, 5.41) is 8.47. The highest BCUT2D eigenvalue weighted by atomic mass is 32.1. The van der Waals surface area contributed by atoms with E-state index < -0.39 is 36.4 Å². The number of nitrogens with zero attached hydrogens (tertiary/aromatic N) is 4. The molecular weight excluding hydrogens is 505 g/mol. The van der Waals surface area contributed by atoms with Crippen LogP contribution in [0.1, 0.15) is 5.01 Å². The summed E-state index contributed by atoms with van der Waals surface area (Å²) in [6.07, 6.45) is -3.15. The van der Waals surface area contributed by atoms with Crippen molar-refractivity contribution in [3.8, 4) is 0 Å². The Hall–Kier alpha value is -3.59. The van der Waals surface area contributed by atoms with Gasteiger partial charge in [0.2, 0.25) is 0 Å². The van der Waals surface area contributed by atoms with E-state index in [4.69, 9.17) is 9.57 Å². The summed E-state index contributed by atoms with van der Waals surface area (Å²) in [6.45, 7) is 0.917. The summed E-state index contributed by atoms with van der Waals surface area (Å²) in [5.74, 6) is -2.06. The van der Waals surface area contributed by atoms with E-state index in [2.05, 4.69) is 10.3 Å². The number of halogens is 3. The Morgan fingerprint density at radius 3 is 2.78 bits per heavy atom. The van der Waals surface area contributed by atoms with Crippen LogP contribution < -0.4 is 20.4 Å². The Kier molecular flexibility index (Phi) is 8.10. The van der Waals surface area contributed by atoms with Crippen LogP contribution in [0.15, 0.2) is 29.8 Å². The van der Waals surface area contributed by atoms with E-state index in [0.29, 0.717) is 13.1 Å². The monoisotopic (exact) mass is 528 g/mol. The summed E-state index contributed by atoms with van der Waals surface area (Å²) in [4.78, 5) is 48.1. The molecule has 0 radical (unpaired) electrons. The van der Waals surface area contributed by atoms with Gasteiger partial charge < -0.3 is 20.3 Å². The Bertz CT molecular complexity index is 1090. The van der Waals surface area contributed by atoms with Crippen molar-refractivity contribution >= 4 is 40.7 Å². The molecule has 2 aromatic rings. The maximum Gasteiger partial charge on any atom is 0.414 e. The second kappa shape index (κ2) is 11.4. The quantitative estimate of drug-likeness (QED) is 0.564. The number of thiazole rings is 1. The second-order valence-corrected chi connectivity index (χ2v) is 8.78. The van der Waals surface area contributed by atoms with Crippen LogP contribution in [0, 0.1) is 5.82 Å². The topological polar surface area (TPSA) is 116 Å². The van der Waals surface area contributed by atoms with Gasteiger partial charge >= 0.3 is 18.5 Å². The van der Waals surface area contributed by atoms with Crippen LogP contribution in [0.3, 0.4) is 0 Å². The first-order chi connectivity index (χ1) is 17.3. The summed E-state index contributed by atoms with van der Waals surface area (Å²) in [7, 11) is 0. The van der Waals surface area contributed by atoms with Crippen molar-refractivity contribution in [2.75, 3.05) is 49.1 Å². The average Bonchev–Trinajstić information content (AvgIpc) is 3.44. The van der Waals surface area contributed by atoms with Gasteiger partial charge in [0, 0.05) is 24.7 Å². The van der Waals surface area contributed by atoms with Gasteiger partial charge in [0.15, 0.2) is 0 Å². The number of hydroxylamine groups is 2. The third-order valence-corrected chi connectivity index (χ3v) is 6.22. The average molecular weight is 529 g/mol. The highest BCUT2D eigenvalue weighted by Gasteiger charge is 2.33. The Morgan fingerprint density at radius 2 is 2.06 bits per heavy atom. The van der Waals surface area contributed by atoms with Crippen molar-refractivity contribution in [2.24, 2.45) is 0 Å². The summed E-state index contributed by atoms with van der Waals surface area (Å²) < 4.78 is 44.7. The molecule has 36 heavy (non-hydrogen) atoms. The van der Waals surface area contributed by atoms with Crippen molar-refractivity contribution < 1.29 is 37.1 Å². The molecule has 0 bridgehead atoms. The molecule has 1 aromatic carbocycles. The van der Waals surface area contributed by atoms with Gasteiger partial charge in [-0.1, -0.05) is 0 Å². The molecule has 4 amide bonds. The maximum atomic E-state index is 15.0. The lowest BCUT2D eigenvalue weighted by atomic mass is 10.2. The summed E-state index contributed by atoms with van der Waals surface area (Å²) in [5.41, 5.74) is 0.485. The van der Waals surface area contributed by atoms with Crippen molar-refractivity contribution in [2.45, 2.75) is 19.1 Å². The number of anilines is 2. The molecule has 0 aliphatic carbocycles. The van der Waals surface area contributed by atoms with Crippen molar-refractivity contribution in [3.63, 3.8) is 0 Å². The van der Waals surface area contributed by atoms with Crippen LogP contribution >= 0.6 is 11.3 Å². The molecule has 2 aliphatic rings. The van der Waals surface area contributed by atoms with E-state index in [1.165, 1.54) is 34.6 Å². The molecule has 2 N–H and O–H groups in total. The zero-order chi connectivity index (χ0) is 25.7. The number of hydrogen-bond acceptors (Lipinski definition) is 8. The molecule has 1 aromatic heterocycles. The minimum absolute atomic E-state index is 0.0379. The number of urea groups is 1. The van der Waals surface area contributed by atoms with Crippen LogP contribution in [0.4, 0.5) is 34.1 Å². The molecule has 2 fully saturated rings. The smallest absolute Gasteiger partial charge is 0.414 e. The van der Waals surface area contributed by atoms with E-state index in [1.54, 1.807) is 11.1 Å². The fraction of sp³-hybridized carbons (Fsp3) is 0.429. The van der Waals surface area contributed by atoms with Crippen LogP contribution in [-0.4, -0.2) is 79.9 Å². The predicted octanol–water partition coefficient (Wildman–Crippen LogP) is 1.95. The molecule has 0 spiro atoms. The minimum atomic E-state index is -3.17. The molecule has 1 unspecified atom stereocenters. The number of carbonyl (C=O) groups is 3. The van der Waals surface area contributed by atoms with Gasteiger partial charge in [0.1, 0.15) is 16.9 Å². The molecule has 4 rings (SSSR count). The minimum Gasteiger partial charge on any atom is -0.442 e. The van der Waals surface area contributed by atoms with Gasteiger partial charge in [0.25, 0.3) is 5.91 Å². The van der Waals surface area contributed by atoms with E-state index in [1.807, 2.05) is 10.7 Å². The van der Waals surface area contributed by atoms with Crippen molar-refractivity contribution in [1.82, 2.24) is 20.7 Å². The fourth-order valence-corrected chi connectivity index (χ4v) is 4.24. The number of nitrogens with one attached hydrogen (secondary N) is 2. The van der Waals surface area contributed by atoms with Crippen LogP contribution in [-0.2, 0) is 20.9 Å². The Balaban J connectivity index is 1.32. The Morgan fingerprint density at radius 1 is 1.22 bits per heavy atom. The standard InChI is InChI=1S/C21H23F3N6O5S/c22-15-9-13(29-12-14(35-21(29)33)10-26-19(31)18(23)24)1-2-16(15)28-4-5-30(34-7-6-28)20(32)27-11-17-25-3-8-36-17/h1-3,8-9,14,18H,4-7,10-12H2,(H,26,31)(H,27,32). The van der Waals surface area contributed by atoms with Crippen LogP contribution in [0.25, 0.3) is 0 Å². The molecule has 0 saturated carbocycles. The number of amides is 4. The van der Waals surface area contributed by atoms with Gasteiger partial charge in [-0.2, -0.15) is 8.78 Å². The second-order valence-electron chi connectivity index (χ2n) is 7.80. The summed E-state index contributed by atoms with van der Waals surface area (Å²) in [6, 6.07) is 3.78. The van der Waals surface area contributed by atoms with Crippen LogP contribution in [0.5, 0.6) is 0 Å². The molecule has 2 saturated heterocycles. The molecule has 3 heterocycles. The van der Waals surface area contributed by atoms with Crippen LogP contribution in [0.2, 0.25) is 0 Å². The lowest BCUT2D eigenvalue weighted by molar-refractivity contribution is -0.132. The van der Waals surface area contributed by atoms with Gasteiger partial charge in [0.05, 0.1) is 44.2 Å². The number of aromatic nitrogens is 1. The SMILES string of the molecule is O=C(NCC1CN(c2ccc(N3CCON(C(=O)NCc4nccs4)CC3)c(F)c2)C(=O)O1)C(F)F. The number of benzene rings is 1. The van der Waals surface area contributed by atoms with E-state index in [0.717, 1.165) is 9.91 Å². The zero-order valence-electron chi connectivity index (χ0n) is 18.9. The number of ether oxygens (including phenoxy) is 1. The lowest BCUT2D eigenvalue weighted by Gasteiger charge is -2.24. The molecule has 11 nitrogen and oxygen atoms in total. The van der Waals surface area contributed by atoms with E-state index >= 15 is 4.39 Å².